The fraction of sp³-hybridized carbons (Fsp3) is 0.438. The fourth-order valence-corrected chi connectivity index (χ4v) is 3.00. The third-order valence-electron chi connectivity index (χ3n) is 4.00. The highest BCUT2D eigenvalue weighted by Gasteiger charge is 2.36. The van der Waals surface area contributed by atoms with Gasteiger partial charge >= 0.3 is 0 Å². The highest BCUT2D eigenvalue weighted by Crippen LogP contribution is 2.47. The summed E-state index contributed by atoms with van der Waals surface area (Å²) in [6.45, 7) is 2.60. The standard InChI is InChI=1S/C16H18ClN3O2S/c1-9-6-11(9)13-5-4-10(22-13)8-20(2)15(21)14-12(17)7-18-16(19-14)23-3/h4-5,7,9,11H,6,8H2,1-3H3/t9-,11-/m0/s1. The smallest absolute Gasteiger partial charge is 0.274 e. The van der Waals surface area contributed by atoms with Gasteiger partial charge in [-0.3, -0.25) is 4.79 Å². The van der Waals surface area contributed by atoms with E-state index in [1.807, 2.05) is 18.4 Å². The highest BCUT2D eigenvalue weighted by molar-refractivity contribution is 7.98. The van der Waals surface area contributed by atoms with E-state index in [1.165, 1.54) is 24.4 Å². The molecule has 1 aliphatic rings. The second-order valence-corrected chi connectivity index (χ2v) is 7.02. The van der Waals surface area contributed by atoms with Crippen molar-refractivity contribution < 1.29 is 9.21 Å². The molecule has 1 fully saturated rings. The molecule has 0 radical (unpaired) electrons. The molecule has 0 aliphatic heterocycles. The molecule has 5 nitrogen and oxygen atoms in total. The summed E-state index contributed by atoms with van der Waals surface area (Å²) in [6, 6.07) is 3.93. The number of halogens is 1. The lowest BCUT2D eigenvalue weighted by Crippen LogP contribution is -2.27. The number of hydrogen-bond acceptors (Lipinski definition) is 5. The van der Waals surface area contributed by atoms with Gasteiger partial charge < -0.3 is 9.32 Å². The molecule has 2 heterocycles. The largest absolute Gasteiger partial charge is 0.464 e. The number of rotatable bonds is 5. The Labute approximate surface area is 144 Å². The number of carbonyl (C=O) groups excluding carboxylic acids is 1. The average molecular weight is 352 g/mol. The Morgan fingerprint density at radius 1 is 1.52 bits per heavy atom. The Bertz CT molecular complexity index is 734. The lowest BCUT2D eigenvalue weighted by atomic mass is 10.3. The molecule has 23 heavy (non-hydrogen) atoms. The quantitative estimate of drug-likeness (QED) is 0.605. The van der Waals surface area contributed by atoms with Crippen LogP contribution in [0.4, 0.5) is 0 Å². The van der Waals surface area contributed by atoms with Crippen molar-refractivity contribution in [2.45, 2.75) is 31.0 Å². The average Bonchev–Trinajstić information content (AvgIpc) is 3.09. The van der Waals surface area contributed by atoms with Crippen molar-refractivity contribution >= 4 is 29.3 Å². The minimum absolute atomic E-state index is 0.219. The van der Waals surface area contributed by atoms with Crippen LogP contribution in [0.25, 0.3) is 0 Å². The third-order valence-corrected chi connectivity index (χ3v) is 4.84. The molecule has 3 rings (SSSR count). The molecule has 0 aromatic carbocycles. The van der Waals surface area contributed by atoms with Crippen molar-refractivity contribution in [1.29, 1.82) is 0 Å². The molecule has 0 saturated heterocycles. The number of hydrogen-bond donors (Lipinski definition) is 0. The minimum atomic E-state index is -0.245. The van der Waals surface area contributed by atoms with Gasteiger partial charge in [-0.1, -0.05) is 30.3 Å². The Kier molecular flexibility index (Phi) is 4.64. The van der Waals surface area contributed by atoms with Gasteiger partial charge in [-0.2, -0.15) is 0 Å². The van der Waals surface area contributed by atoms with Gasteiger partial charge in [0.25, 0.3) is 5.91 Å². The molecular formula is C16H18ClN3O2S. The normalized spacial score (nSPS) is 19.7. The van der Waals surface area contributed by atoms with Gasteiger partial charge in [0.1, 0.15) is 11.5 Å². The first kappa shape index (κ1) is 16.3. The maximum atomic E-state index is 12.5. The van der Waals surface area contributed by atoms with Crippen LogP contribution >= 0.6 is 23.4 Å². The van der Waals surface area contributed by atoms with Crippen LogP contribution in [0.3, 0.4) is 0 Å². The Morgan fingerprint density at radius 2 is 2.26 bits per heavy atom. The van der Waals surface area contributed by atoms with Crippen molar-refractivity contribution in [1.82, 2.24) is 14.9 Å². The van der Waals surface area contributed by atoms with Gasteiger partial charge in [0.15, 0.2) is 10.9 Å². The van der Waals surface area contributed by atoms with Crippen LogP contribution in [-0.2, 0) is 6.54 Å². The minimum Gasteiger partial charge on any atom is -0.464 e. The number of amides is 1. The Balaban J connectivity index is 1.71. The van der Waals surface area contributed by atoms with Crippen LogP contribution in [0.5, 0.6) is 0 Å². The van der Waals surface area contributed by atoms with E-state index in [9.17, 15) is 4.79 Å². The van der Waals surface area contributed by atoms with E-state index in [2.05, 4.69) is 16.9 Å². The van der Waals surface area contributed by atoms with Crippen LogP contribution in [0.1, 0.15) is 41.3 Å². The molecule has 7 heteroatoms. The van der Waals surface area contributed by atoms with E-state index in [0.29, 0.717) is 23.5 Å². The van der Waals surface area contributed by atoms with E-state index in [0.717, 1.165) is 11.5 Å². The van der Waals surface area contributed by atoms with Crippen molar-refractivity contribution in [2.24, 2.45) is 5.92 Å². The summed E-state index contributed by atoms with van der Waals surface area (Å²) in [5.41, 5.74) is 0.219. The van der Waals surface area contributed by atoms with Gasteiger partial charge in [0.05, 0.1) is 17.8 Å². The summed E-state index contributed by atoms with van der Waals surface area (Å²) < 4.78 is 5.85. The molecule has 0 unspecified atom stereocenters. The van der Waals surface area contributed by atoms with Gasteiger partial charge in [-0.05, 0) is 30.7 Å². The summed E-state index contributed by atoms with van der Waals surface area (Å²) in [5, 5.41) is 0.778. The Hall–Kier alpha value is -1.53. The van der Waals surface area contributed by atoms with E-state index >= 15 is 0 Å². The Morgan fingerprint density at radius 3 is 2.91 bits per heavy atom. The third kappa shape index (κ3) is 3.53. The molecule has 0 N–H and O–H groups in total. The molecule has 2 atom stereocenters. The monoisotopic (exact) mass is 351 g/mol. The van der Waals surface area contributed by atoms with Crippen LogP contribution < -0.4 is 0 Å². The van der Waals surface area contributed by atoms with E-state index in [-0.39, 0.29) is 16.6 Å². The van der Waals surface area contributed by atoms with Crippen molar-refractivity contribution in [3.8, 4) is 0 Å². The van der Waals surface area contributed by atoms with E-state index in [1.54, 1.807) is 11.9 Å². The number of furan rings is 1. The second kappa shape index (κ2) is 6.53. The van der Waals surface area contributed by atoms with Crippen molar-refractivity contribution in [3.05, 3.63) is 40.6 Å². The predicted molar refractivity (Wildman–Crippen MR) is 89.9 cm³/mol. The van der Waals surface area contributed by atoms with Crippen molar-refractivity contribution in [2.75, 3.05) is 13.3 Å². The van der Waals surface area contributed by atoms with Gasteiger partial charge in [-0.25, -0.2) is 9.97 Å². The lowest BCUT2D eigenvalue weighted by molar-refractivity contribution is 0.0768. The van der Waals surface area contributed by atoms with Crippen LogP contribution in [0.15, 0.2) is 27.9 Å². The molecule has 0 spiro atoms. The van der Waals surface area contributed by atoms with Gasteiger partial charge in [0, 0.05) is 13.0 Å². The van der Waals surface area contributed by atoms with Gasteiger partial charge in [0.2, 0.25) is 0 Å². The van der Waals surface area contributed by atoms with Crippen molar-refractivity contribution in [3.63, 3.8) is 0 Å². The summed E-state index contributed by atoms with van der Waals surface area (Å²) >= 11 is 7.43. The van der Waals surface area contributed by atoms with E-state index < -0.39 is 0 Å². The highest BCUT2D eigenvalue weighted by atomic mass is 35.5. The molecule has 2 aromatic rings. The number of nitrogens with zero attached hydrogens (tertiary/aromatic N) is 3. The molecule has 1 saturated carbocycles. The number of thioether (sulfide) groups is 1. The lowest BCUT2D eigenvalue weighted by Gasteiger charge is -2.16. The zero-order chi connectivity index (χ0) is 16.6. The second-order valence-electron chi connectivity index (χ2n) is 5.84. The summed E-state index contributed by atoms with van der Waals surface area (Å²) in [6.07, 6.45) is 4.49. The SMILES string of the molecule is CSc1ncc(Cl)c(C(=O)N(C)Cc2ccc([C@H]3C[C@@H]3C)o2)n1. The topological polar surface area (TPSA) is 59.2 Å². The van der Waals surface area contributed by atoms with Crippen LogP contribution in [-0.4, -0.2) is 34.1 Å². The molecule has 2 aromatic heterocycles. The maximum absolute atomic E-state index is 12.5. The fourth-order valence-electron chi connectivity index (χ4n) is 2.48. The summed E-state index contributed by atoms with van der Waals surface area (Å²) in [4.78, 5) is 22.4. The zero-order valence-electron chi connectivity index (χ0n) is 13.2. The summed E-state index contributed by atoms with van der Waals surface area (Å²) in [5.74, 6) is 2.76. The number of carbonyl (C=O) groups is 1. The molecular weight excluding hydrogens is 334 g/mol. The molecule has 122 valence electrons. The first-order valence-corrected chi connectivity index (χ1v) is 9.00. The first-order chi connectivity index (χ1) is 11.0. The van der Waals surface area contributed by atoms with Crippen LogP contribution in [0, 0.1) is 5.92 Å². The predicted octanol–water partition coefficient (Wildman–Crippen LogP) is 3.84. The maximum Gasteiger partial charge on any atom is 0.274 e. The summed E-state index contributed by atoms with van der Waals surface area (Å²) in [7, 11) is 1.71. The molecule has 1 amide bonds. The first-order valence-electron chi connectivity index (χ1n) is 7.40. The number of aromatic nitrogens is 2. The molecule has 1 aliphatic carbocycles. The van der Waals surface area contributed by atoms with E-state index in [4.69, 9.17) is 16.0 Å². The zero-order valence-corrected chi connectivity index (χ0v) is 14.8. The van der Waals surface area contributed by atoms with Crippen LogP contribution in [0.2, 0.25) is 5.02 Å². The van der Waals surface area contributed by atoms with Gasteiger partial charge in [-0.15, -0.1) is 0 Å². The molecule has 0 bridgehead atoms.